The lowest BCUT2D eigenvalue weighted by Gasteiger charge is -2.19. The molecule has 0 aliphatic rings. The normalized spacial score (nSPS) is 11.3. The third kappa shape index (κ3) is 28.3. The standard InChI is InChI=1S/C23H43NO11/c1-23(2,3)35-22(27)5-8-29-11-14-31-15-12-30-9-6-24-21(26)4-7-28-10-13-32-16-17-33-18-19-34-20-25/h20H,4-19H2,1-3H3,(H,24,26). The van der Waals surface area contributed by atoms with Crippen LogP contribution in [0.3, 0.4) is 0 Å². The molecule has 0 aromatic carbocycles. The van der Waals surface area contributed by atoms with Gasteiger partial charge in [-0.25, -0.2) is 0 Å². The van der Waals surface area contributed by atoms with Crippen LogP contribution < -0.4 is 5.32 Å². The Bertz CT molecular complexity index is 526. The van der Waals surface area contributed by atoms with Crippen molar-refractivity contribution in [3.63, 3.8) is 0 Å². The maximum absolute atomic E-state index is 11.7. The monoisotopic (exact) mass is 509 g/mol. The molecule has 1 N–H and O–H groups in total. The predicted octanol–water partition coefficient (Wildman–Crippen LogP) is 0.497. The first-order chi connectivity index (χ1) is 16.8. The smallest absolute Gasteiger partial charge is 0.308 e. The third-order valence-corrected chi connectivity index (χ3v) is 3.81. The molecule has 0 fully saturated rings. The second-order valence-corrected chi connectivity index (χ2v) is 8.08. The summed E-state index contributed by atoms with van der Waals surface area (Å²) in [5.41, 5.74) is -0.485. The Labute approximate surface area is 208 Å². The van der Waals surface area contributed by atoms with Crippen molar-refractivity contribution in [2.45, 2.75) is 39.2 Å². The van der Waals surface area contributed by atoms with Gasteiger partial charge in [-0.1, -0.05) is 0 Å². The third-order valence-electron chi connectivity index (χ3n) is 3.81. The van der Waals surface area contributed by atoms with E-state index in [0.717, 1.165) is 0 Å². The Morgan fingerprint density at radius 2 is 1.06 bits per heavy atom. The molecule has 12 nitrogen and oxygen atoms in total. The van der Waals surface area contributed by atoms with E-state index in [2.05, 4.69) is 10.1 Å². The van der Waals surface area contributed by atoms with Crippen molar-refractivity contribution >= 4 is 18.3 Å². The van der Waals surface area contributed by atoms with Crippen molar-refractivity contribution in [3.8, 4) is 0 Å². The molecular formula is C23H43NO11. The minimum absolute atomic E-state index is 0.111. The van der Waals surface area contributed by atoms with Crippen molar-refractivity contribution in [2.75, 3.05) is 92.4 Å². The van der Waals surface area contributed by atoms with Crippen molar-refractivity contribution in [3.05, 3.63) is 0 Å². The molecule has 0 atom stereocenters. The molecule has 0 bridgehead atoms. The van der Waals surface area contributed by atoms with E-state index >= 15 is 0 Å². The van der Waals surface area contributed by atoms with Crippen LogP contribution >= 0.6 is 0 Å². The summed E-state index contributed by atoms with van der Waals surface area (Å²) < 4.78 is 41.5. The van der Waals surface area contributed by atoms with Gasteiger partial charge in [-0.05, 0) is 20.8 Å². The van der Waals surface area contributed by atoms with E-state index < -0.39 is 5.60 Å². The van der Waals surface area contributed by atoms with Crippen LogP contribution in [-0.4, -0.2) is 116 Å². The van der Waals surface area contributed by atoms with E-state index in [1.807, 2.05) is 20.8 Å². The lowest BCUT2D eigenvalue weighted by Crippen LogP contribution is -2.28. The van der Waals surface area contributed by atoms with Crippen LogP contribution in [0.15, 0.2) is 0 Å². The van der Waals surface area contributed by atoms with Gasteiger partial charge in [0.25, 0.3) is 6.47 Å². The number of esters is 1. The van der Waals surface area contributed by atoms with Crippen molar-refractivity contribution in [2.24, 2.45) is 0 Å². The minimum atomic E-state index is -0.485. The van der Waals surface area contributed by atoms with Gasteiger partial charge < -0.3 is 43.2 Å². The van der Waals surface area contributed by atoms with Gasteiger partial charge in [0.05, 0.1) is 85.7 Å². The van der Waals surface area contributed by atoms with E-state index in [4.69, 9.17) is 33.2 Å². The topological polar surface area (TPSA) is 137 Å². The van der Waals surface area contributed by atoms with Crippen molar-refractivity contribution < 1.29 is 52.3 Å². The van der Waals surface area contributed by atoms with E-state index in [9.17, 15) is 14.4 Å². The number of carbonyl (C=O) groups is 3. The first-order valence-corrected chi connectivity index (χ1v) is 11.9. The molecule has 35 heavy (non-hydrogen) atoms. The zero-order chi connectivity index (χ0) is 26.0. The fourth-order valence-electron chi connectivity index (χ4n) is 2.30. The Kier molecular flexibility index (Phi) is 22.6. The second kappa shape index (κ2) is 23.9. The molecular weight excluding hydrogens is 466 g/mol. The zero-order valence-electron chi connectivity index (χ0n) is 21.4. The van der Waals surface area contributed by atoms with Crippen LogP contribution in [0.25, 0.3) is 0 Å². The molecule has 0 spiro atoms. The largest absolute Gasteiger partial charge is 0.465 e. The average molecular weight is 510 g/mol. The Morgan fingerprint density at radius 3 is 1.54 bits per heavy atom. The second-order valence-electron chi connectivity index (χ2n) is 8.08. The van der Waals surface area contributed by atoms with Crippen LogP contribution in [0.5, 0.6) is 0 Å². The molecule has 1 amide bonds. The van der Waals surface area contributed by atoms with Gasteiger partial charge in [-0.2, -0.15) is 0 Å². The van der Waals surface area contributed by atoms with Gasteiger partial charge in [0.2, 0.25) is 5.91 Å². The van der Waals surface area contributed by atoms with Gasteiger partial charge in [-0.3, -0.25) is 14.4 Å². The quantitative estimate of drug-likeness (QED) is 0.105. The maximum Gasteiger partial charge on any atom is 0.308 e. The van der Waals surface area contributed by atoms with E-state index in [0.29, 0.717) is 92.3 Å². The lowest BCUT2D eigenvalue weighted by atomic mass is 10.2. The molecule has 0 rings (SSSR count). The number of nitrogens with one attached hydrogen (secondary N) is 1. The maximum atomic E-state index is 11.7. The number of ether oxygens (including phenoxy) is 8. The Hall–Kier alpha value is -1.83. The summed E-state index contributed by atoms with van der Waals surface area (Å²) in [7, 11) is 0. The fraction of sp³-hybridized carbons (Fsp3) is 0.870. The summed E-state index contributed by atoms with van der Waals surface area (Å²) >= 11 is 0. The number of hydrogen-bond donors (Lipinski definition) is 1. The summed E-state index contributed by atoms with van der Waals surface area (Å²) in [5, 5.41) is 2.75. The Balaban J connectivity index is 3.24. The Morgan fingerprint density at radius 1 is 0.629 bits per heavy atom. The SMILES string of the molecule is CC(C)(C)OC(=O)CCOCCOCCOCCNC(=O)CCOCCOCCOCCOC=O. The summed E-state index contributed by atoms with van der Waals surface area (Å²) in [4.78, 5) is 33.1. The van der Waals surface area contributed by atoms with Crippen molar-refractivity contribution in [1.29, 1.82) is 0 Å². The highest BCUT2D eigenvalue weighted by Crippen LogP contribution is 2.07. The van der Waals surface area contributed by atoms with Crippen molar-refractivity contribution in [1.82, 2.24) is 5.32 Å². The highest BCUT2D eigenvalue weighted by molar-refractivity contribution is 5.75. The first kappa shape index (κ1) is 33.2. The molecule has 0 unspecified atom stereocenters. The van der Waals surface area contributed by atoms with Crippen LogP contribution in [0.4, 0.5) is 0 Å². The molecule has 0 aromatic heterocycles. The molecule has 12 heteroatoms. The van der Waals surface area contributed by atoms with E-state index in [-0.39, 0.29) is 31.3 Å². The zero-order valence-corrected chi connectivity index (χ0v) is 21.4. The lowest BCUT2D eigenvalue weighted by molar-refractivity contribution is -0.156. The van der Waals surface area contributed by atoms with Crippen LogP contribution in [0.2, 0.25) is 0 Å². The fourth-order valence-corrected chi connectivity index (χ4v) is 2.30. The highest BCUT2D eigenvalue weighted by Gasteiger charge is 2.15. The number of amides is 1. The molecule has 0 aliphatic carbocycles. The minimum Gasteiger partial charge on any atom is -0.465 e. The van der Waals surface area contributed by atoms with Gasteiger partial charge in [0.15, 0.2) is 0 Å². The molecule has 0 heterocycles. The number of hydrogen-bond acceptors (Lipinski definition) is 11. The van der Waals surface area contributed by atoms with Crippen LogP contribution in [0.1, 0.15) is 33.6 Å². The number of rotatable bonds is 25. The molecule has 0 aliphatic heterocycles. The van der Waals surface area contributed by atoms with Gasteiger partial charge in [0, 0.05) is 13.0 Å². The summed E-state index contributed by atoms with van der Waals surface area (Å²) in [6, 6.07) is 0. The highest BCUT2D eigenvalue weighted by atomic mass is 16.6. The van der Waals surface area contributed by atoms with Gasteiger partial charge in [-0.15, -0.1) is 0 Å². The molecule has 0 aromatic rings. The molecule has 0 saturated heterocycles. The predicted molar refractivity (Wildman–Crippen MR) is 125 cm³/mol. The van der Waals surface area contributed by atoms with E-state index in [1.165, 1.54) is 0 Å². The summed E-state index contributed by atoms with van der Waals surface area (Å²) in [6.07, 6.45) is 0.474. The van der Waals surface area contributed by atoms with Gasteiger partial charge in [0.1, 0.15) is 12.2 Å². The average Bonchev–Trinajstić information content (AvgIpc) is 2.79. The number of carbonyl (C=O) groups excluding carboxylic acids is 3. The van der Waals surface area contributed by atoms with E-state index in [1.54, 1.807) is 0 Å². The van der Waals surface area contributed by atoms with Crippen LogP contribution in [0, 0.1) is 0 Å². The molecule has 206 valence electrons. The van der Waals surface area contributed by atoms with Gasteiger partial charge >= 0.3 is 5.97 Å². The van der Waals surface area contributed by atoms with Crippen LogP contribution in [-0.2, 0) is 52.3 Å². The summed E-state index contributed by atoms with van der Waals surface area (Å²) in [6.45, 7) is 11.1. The summed E-state index contributed by atoms with van der Waals surface area (Å²) in [5.74, 6) is -0.393. The molecule has 0 radical (unpaired) electrons. The first-order valence-electron chi connectivity index (χ1n) is 11.9. The molecule has 0 saturated carbocycles.